The number of carbonyl (C=O) groups is 3. The van der Waals surface area contributed by atoms with Crippen LogP contribution in [0, 0.1) is 5.92 Å². The van der Waals surface area contributed by atoms with Gasteiger partial charge in [-0.2, -0.15) is 0 Å². The summed E-state index contributed by atoms with van der Waals surface area (Å²) < 4.78 is 5.44. The van der Waals surface area contributed by atoms with Crippen molar-refractivity contribution < 1.29 is 24.2 Å². The lowest BCUT2D eigenvalue weighted by molar-refractivity contribution is -0.146. The Morgan fingerprint density at radius 2 is 1.08 bits per heavy atom. The van der Waals surface area contributed by atoms with Gasteiger partial charge in [-0.05, 0) is 44.9 Å². The maximum Gasteiger partial charge on any atom is 0.330 e. The molecule has 0 saturated heterocycles. The number of ether oxygens (including phenoxy) is 1. The van der Waals surface area contributed by atoms with Crippen molar-refractivity contribution in [3.8, 4) is 22.3 Å². The molecule has 0 unspecified atom stereocenters. The van der Waals surface area contributed by atoms with Crippen LogP contribution < -0.4 is 5.32 Å². The fourth-order valence-electron chi connectivity index (χ4n) is 5.99. The molecule has 7 nitrogen and oxygen atoms in total. The van der Waals surface area contributed by atoms with Crippen LogP contribution in [0.4, 0.5) is 4.79 Å². The van der Waals surface area contributed by atoms with E-state index in [1.54, 1.807) is 0 Å². The van der Waals surface area contributed by atoms with Gasteiger partial charge >= 0.3 is 18.0 Å². The molecule has 0 spiro atoms. The SMILES string of the molecule is CC(C)CN(CCC(=O)OCc1ccccc1)C(=O)N[C@@](Cc1ccccc1)(Cc1ccc(-c2ccc(-c3ccccc3)cc2)cc1)C(=O)O. The largest absolute Gasteiger partial charge is 0.479 e. The first kappa shape index (κ1) is 35.6. The highest BCUT2D eigenvalue weighted by Crippen LogP contribution is 2.27. The summed E-state index contributed by atoms with van der Waals surface area (Å²) in [4.78, 5) is 41.3. The first-order chi connectivity index (χ1) is 24.2. The summed E-state index contributed by atoms with van der Waals surface area (Å²) in [5, 5.41) is 13.7. The number of nitrogens with one attached hydrogen (secondary N) is 1. The van der Waals surface area contributed by atoms with Gasteiger partial charge in [-0.1, -0.05) is 153 Å². The fraction of sp³-hybridized carbons (Fsp3) is 0.233. The highest BCUT2D eigenvalue weighted by atomic mass is 16.5. The lowest BCUT2D eigenvalue weighted by Gasteiger charge is -2.34. The lowest BCUT2D eigenvalue weighted by Crippen LogP contribution is -2.61. The zero-order valence-electron chi connectivity index (χ0n) is 28.6. The Hall–Kier alpha value is -5.69. The maximum absolute atomic E-state index is 13.9. The number of rotatable bonds is 15. The van der Waals surface area contributed by atoms with Crippen LogP contribution in [0.3, 0.4) is 0 Å². The summed E-state index contributed by atoms with van der Waals surface area (Å²) >= 11 is 0. The van der Waals surface area contributed by atoms with Crippen LogP contribution in [0.15, 0.2) is 140 Å². The van der Waals surface area contributed by atoms with E-state index in [9.17, 15) is 19.5 Å². The van der Waals surface area contributed by atoms with Crippen LogP contribution in [-0.2, 0) is 33.8 Å². The van der Waals surface area contributed by atoms with E-state index in [1.807, 2.05) is 117 Å². The predicted molar refractivity (Wildman–Crippen MR) is 197 cm³/mol. The summed E-state index contributed by atoms with van der Waals surface area (Å²) in [6.07, 6.45) is 0.122. The Bertz CT molecular complexity index is 1830. The van der Waals surface area contributed by atoms with Crippen LogP contribution in [-0.4, -0.2) is 46.6 Å². The van der Waals surface area contributed by atoms with E-state index in [-0.39, 0.29) is 38.3 Å². The standard InChI is InChI=1S/C43H44N2O5/c1-32(2)30-45(27-26-40(46)50-31-35-14-8-4-9-15-35)42(49)44-43(41(47)48,28-33-12-6-3-7-13-33)29-34-18-20-37(21-19-34)39-24-22-38(23-25-39)36-16-10-5-11-17-36/h3-25,32H,26-31H2,1-2H3,(H,44,49)(H,47,48)/t43-/m0/s1. The molecule has 0 aliphatic carbocycles. The van der Waals surface area contributed by atoms with Gasteiger partial charge in [0.1, 0.15) is 12.1 Å². The molecular weight excluding hydrogens is 624 g/mol. The number of carbonyl (C=O) groups excluding carboxylic acids is 2. The third-order valence-corrected chi connectivity index (χ3v) is 8.59. The van der Waals surface area contributed by atoms with E-state index in [4.69, 9.17) is 4.74 Å². The Balaban J connectivity index is 1.33. The van der Waals surface area contributed by atoms with Crippen molar-refractivity contribution in [2.45, 2.75) is 45.3 Å². The molecule has 0 fully saturated rings. The molecule has 0 heterocycles. The van der Waals surface area contributed by atoms with Crippen molar-refractivity contribution in [1.29, 1.82) is 0 Å². The minimum absolute atomic E-state index is 0.0144. The fourth-order valence-corrected chi connectivity index (χ4v) is 5.99. The molecule has 0 saturated carbocycles. The molecule has 0 aromatic heterocycles. The minimum atomic E-state index is -1.65. The highest BCUT2D eigenvalue weighted by molar-refractivity contribution is 5.87. The molecule has 7 heteroatoms. The Labute approximate surface area is 294 Å². The molecule has 0 aliphatic heterocycles. The summed E-state index contributed by atoms with van der Waals surface area (Å²) in [5.74, 6) is -1.48. The number of esters is 1. The zero-order chi connectivity index (χ0) is 35.3. The second-order valence-electron chi connectivity index (χ2n) is 13.0. The van der Waals surface area contributed by atoms with E-state index >= 15 is 0 Å². The topological polar surface area (TPSA) is 95.9 Å². The van der Waals surface area contributed by atoms with E-state index in [0.29, 0.717) is 6.54 Å². The van der Waals surface area contributed by atoms with Crippen molar-refractivity contribution in [1.82, 2.24) is 10.2 Å². The monoisotopic (exact) mass is 668 g/mol. The lowest BCUT2D eigenvalue weighted by atomic mass is 9.84. The van der Waals surface area contributed by atoms with Crippen LogP contribution >= 0.6 is 0 Å². The second-order valence-corrected chi connectivity index (χ2v) is 13.0. The summed E-state index contributed by atoms with van der Waals surface area (Å²) in [5.41, 5.74) is 5.10. The summed E-state index contributed by atoms with van der Waals surface area (Å²) in [6.45, 7) is 4.53. The average Bonchev–Trinajstić information content (AvgIpc) is 3.14. The molecule has 0 aliphatic rings. The quantitative estimate of drug-likeness (QED) is 0.109. The summed E-state index contributed by atoms with van der Waals surface area (Å²) in [6, 6.07) is 44.5. The van der Waals surface area contributed by atoms with Gasteiger partial charge < -0.3 is 20.1 Å². The van der Waals surface area contributed by atoms with Crippen LogP contribution in [0.25, 0.3) is 22.3 Å². The number of aliphatic carboxylic acids is 1. The molecule has 0 bridgehead atoms. The molecule has 0 radical (unpaired) electrons. The number of nitrogens with zero attached hydrogens (tertiary/aromatic N) is 1. The number of hydrogen-bond donors (Lipinski definition) is 2. The van der Waals surface area contributed by atoms with Gasteiger partial charge in [-0.3, -0.25) is 4.79 Å². The van der Waals surface area contributed by atoms with Crippen molar-refractivity contribution in [3.63, 3.8) is 0 Å². The molecule has 50 heavy (non-hydrogen) atoms. The van der Waals surface area contributed by atoms with Gasteiger partial charge in [0.25, 0.3) is 0 Å². The number of benzene rings is 5. The first-order valence-electron chi connectivity index (χ1n) is 17.0. The zero-order valence-corrected chi connectivity index (χ0v) is 28.6. The smallest absolute Gasteiger partial charge is 0.330 e. The van der Waals surface area contributed by atoms with Crippen LogP contribution in [0.5, 0.6) is 0 Å². The maximum atomic E-state index is 13.9. The Morgan fingerprint density at radius 1 is 0.640 bits per heavy atom. The van der Waals surface area contributed by atoms with Crippen LogP contribution in [0.2, 0.25) is 0 Å². The number of carboxylic acids is 1. The van der Waals surface area contributed by atoms with E-state index < -0.39 is 23.5 Å². The van der Waals surface area contributed by atoms with E-state index in [0.717, 1.165) is 38.9 Å². The van der Waals surface area contributed by atoms with Gasteiger partial charge in [0, 0.05) is 25.9 Å². The molecule has 5 aromatic rings. The van der Waals surface area contributed by atoms with Crippen molar-refractivity contribution in [2.75, 3.05) is 13.1 Å². The molecule has 2 N–H and O–H groups in total. The third kappa shape index (κ3) is 9.92. The first-order valence-corrected chi connectivity index (χ1v) is 17.0. The van der Waals surface area contributed by atoms with Gasteiger partial charge in [0.05, 0.1) is 6.42 Å². The van der Waals surface area contributed by atoms with Gasteiger partial charge in [-0.25, -0.2) is 9.59 Å². The van der Waals surface area contributed by atoms with Crippen molar-refractivity contribution in [2.24, 2.45) is 5.92 Å². The number of hydrogen-bond acceptors (Lipinski definition) is 4. The van der Waals surface area contributed by atoms with E-state index in [2.05, 4.69) is 41.7 Å². The van der Waals surface area contributed by atoms with Crippen LogP contribution in [0.1, 0.15) is 37.0 Å². The number of carboxylic acid groups (broad SMARTS) is 1. The molecule has 5 aromatic carbocycles. The average molecular weight is 669 g/mol. The second kappa shape index (κ2) is 17.1. The Morgan fingerprint density at radius 3 is 1.58 bits per heavy atom. The Kier molecular flexibility index (Phi) is 12.2. The molecule has 5 rings (SSSR count). The third-order valence-electron chi connectivity index (χ3n) is 8.59. The van der Waals surface area contributed by atoms with Crippen molar-refractivity contribution >= 4 is 18.0 Å². The van der Waals surface area contributed by atoms with E-state index in [1.165, 1.54) is 4.90 Å². The molecule has 1 atom stereocenters. The van der Waals surface area contributed by atoms with Crippen molar-refractivity contribution in [3.05, 3.63) is 156 Å². The molecule has 2 amide bonds. The van der Waals surface area contributed by atoms with Gasteiger partial charge in [0.2, 0.25) is 0 Å². The van der Waals surface area contributed by atoms with Gasteiger partial charge in [0.15, 0.2) is 0 Å². The highest BCUT2D eigenvalue weighted by Gasteiger charge is 2.41. The van der Waals surface area contributed by atoms with Gasteiger partial charge in [-0.15, -0.1) is 0 Å². The molecular formula is C43H44N2O5. The predicted octanol–water partition coefficient (Wildman–Crippen LogP) is 8.43. The number of urea groups is 1. The molecule has 256 valence electrons. The summed E-state index contributed by atoms with van der Waals surface area (Å²) in [7, 11) is 0. The normalized spacial score (nSPS) is 12.1. The minimum Gasteiger partial charge on any atom is -0.479 e. The number of amides is 2.